The van der Waals surface area contributed by atoms with E-state index in [1.54, 1.807) is 0 Å². The first-order valence-electron chi connectivity index (χ1n) is 32.6. The summed E-state index contributed by atoms with van der Waals surface area (Å²) in [6.07, 6.45) is 2.24. The molecule has 2 aromatic heterocycles. The van der Waals surface area contributed by atoms with Gasteiger partial charge in [-0.15, -0.1) is 0 Å². The molecule has 0 fully saturated rings. The zero-order valence-electron chi connectivity index (χ0n) is 53.9. The number of benzene rings is 10. The van der Waals surface area contributed by atoms with E-state index < -0.39 is 5.41 Å². The molecule has 5 aliphatic rings. The third-order valence-corrected chi connectivity index (χ3v) is 22.9. The number of hydrogen-bond donors (Lipinski definition) is 0. The summed E-state index contributed by atoms with van der Waals surface area (Å²) in [5, 5.41) is 4.11. The molecule has 0 saturated carbocycles. The maximum atomic E-state index is 2.83. The first-order chi connectivity index (χ1) is 41.9. The molecule has 10 aromatic carbocycles. The third-order valence-electron chi connectivity index (χ3n) is 22.9. The molecule has 0 unspecified atom stereocenters. The van der Waals surface area contributed by atoms with Crippen molar-refractivity contribution in [2.75, 3.05) is 0 Å². The van der Waals surface area contributed by atoms with Crippen LogP contribution in [0.15, 0.2) is 200 Å². The quantitative estimate of drug-likeness (QED) is 0.147. The zero-order chi connectivity index (χ0) is 60.7. The average Bonchev–Trinajstić information content (AvgIpc) is 1.42. The molecule has 0 amide bonds. The van der Waals surface area contributed by atoms with Gasteiger partial charge in [0.2, 0.25) is 0 Å². The van der Waals surface area contributed by atoms with Gasteiger partial charge in [-0.1, -0.05) is 279 Å². The summed E-state index contributed by atoms with van der Waals surface area (Å²) in [6, 6.07) is 79.6. The Morgan fingerprint density at radius 2 is 0.886 bits per heavy atom. The molecular formula is C85H79BN2. The molecule has 88 heavy (non-hydrogen) atoms. The van der Waals surface area contributed by atoms with Crippen LogP contribution in [0.2, 0.25) is 0 Å². The minimum Gasteiger partial charge on any atom is -0.310 e. The molecule has 3 heteroatoms. The maximum Gasteiger partial charge on any atom is 0.252 e. The van der Waals surface area contributed by atoms with Gasteiger partial charge in [0.1, 0.15) is 0 Å². The predicted molar refractivity (Wildman–Crippen MR) is 374 cm³/mol. The van der Waals surface area contributed by atoms with Crippen molar-refractivity contribution in [3.05, 3.63) is 267 Å². The largest absolute Gasteiger partial charge is 0.310 e. The van der Waals surface area contributed by atoms with Crippen LogP contribution in [0.4, 0.5) is 0 Å². The minimum atomic E-state index is -0.642. The van der Waals surface area contributed by atoms with Gasteiger partial charge in [-0.25, -0.2) is 0 Å². The van der Waals surface area contributed by atoms with Gasteiger partial charge in [0.15, 0.2) is 0 Å². The van der Waals surface area contributed by atoms with Crippen LogP contribution in [0.3, 0.4) is 0 Å². The second kappa shape index (κ2) is 17.5. The molecule has 0 N–H and O–H groups in total. The standard InChI is InChI=1S/C85H79BN2/c1-79(2,3)52-37-33-50(34-38-52)70-71-72-65(81(7,8)43-44-82(72,9)10)49-68-78(71)87(74(70)51-35-39-53(40-36-51)80(4,5)6)69-42-41-64-77-73(69)86(68)67-48-57(84(13,14)55-27-19-16-20-28-55)46-61-60-45-56(83(11,12)54-25-17-15-18-26-54)47-66(75(60)88(77)76(61)67)85(64)62-31-23-21-29-58(62)59-30-22-24-32-63(59)85/h15-42,45-49H,43-44H2,1-14H3. The van der Waals surface area contributed by atoms with Crippen molar-refractivity contribution >= 4 is 55.8 Å². The number of rotatable bonds is 6. The van der Waals surface area contributed by atoms with Gasteiger partial charge >= 0.3 is 0 Å². The molecule has 12 aromatic rings. The summed E-state index contributed by atoms with van der Waals surface area (Å²) < 4.78 is 5.65. The Morgan fingerprint density at radius 1 is 0.386 bits per heavy atom. The number of fused-ring (bicyclic) bond motifs is 13. The Kier molecular flexibility index (Phi) is 10.7. The van der Waals surface area contributed by atoms with Gasteiger partial charge < -0.3 is 9.13 Å². The fourth-order valence-corrected chi connectivity index (χ4v) is 17.8. The van der Waals surface area contributed by atoms with Crippen molar-refractivity contribution in [1.82, 2.24) is 9.13 Å². The van der Waals surface area contributed by atoms with E-state index in [0.717, 1.165) is 12.8 Å². The van der Waals surface area contributed by atoms with Crippen LogP contribution < -0.4 is 16.4 Å². The lowest BCUT2D eigenvalue weighted by Crippen LogP contribution is -2.61. The van der Waals surface area contributed by atoms with Crippen LogP contribution in [-0.4, -0.2) is 15.8 Å². The SMILES string of the molecule is CC(C)(C)c1ccc(-c2c(-c3ccc(C(C)(C)C)cc3)n3c4c(cc5c(c24)C(C)(C)CCC5(C)C)B2c4c-3ccc3c4-n4c5c2cc(C(C)(C)c2ccccc2)cc5c2cc(C(C)(C)c5ccccc5)cc(c24)C32c3ccccc3-c3ccccc32)cc1. The van der Waals surface area contributed by atoms with E-state index in [-0.39, 0.29) is 39.2 Å². The average molecular weight is 1140 g/mol. The molecule has 17 rings (SSSR count). The van der Waals surface area contributed by atoms with Crippen LogP contribution in [0.25, 0.3) is 77.6 Å². The summed E-state index contributed by atoms with van der Waals surface area (Å²) in [7, 11) is 0. The highest BCUT2D eigenvalue weighted by atomic mass is 15.1. The summed E-state index contributed by atoms with van der Waals surface area (Å²) in [4.78, 5) is 0. The van der Waals surface area contributed by atoms with Crippen LogP contribution >= 0.6 is 0 Å². The molecule has 1 spiro atoms. The van der Waals surface area contributed by atoms with E-state index in [9.17, 15) is 0 Å². The van der Waals surface area contributed by atoms with Crippen molar-refractivity contribution < 1.29 is 0 Å². The van der Waals surface area contributed by atoms with Gasteiger partial charge in [-0.3, -0.25) is 0 Å². The Hall–Kier alpha value is -8.40. The second-order valence-corrected chi connectivity index (χ2v) is 31.5. The molecule has 0 bridgehead atoms. The van der Waals surface area contributed by atoms with Crippen molar-refractivity contribution in [3.8, 4) is 44.9 Å². The monoisotopic (exact) mass is 1140 g/mol. The Bertz CT molecular complexity index is 4960. The van der Waals surface area contributed by atoms with Crippen LogP contribution in [0.1, 0.15) is 177 Å². The van der Waals surface area contributed by atoms with Gasteiger partial charge in [-0.2, -0.15) is 0 Å². The maximum absolute atomic E-state index is 2.83. The van der Waals surface area contributed by atoms with Crippen molar-refractivity contribution in [2.45, 2.75) is 148 Å². The van der Waals surface area contributed by atoms with Crippen molar-refractivity contribution in [2.24, 2.45) is 0 Å². The summed E-state index contributed by atoms with van der Waals surface area (Å²) in [5.74, 6) is 0. The molecule has 0 saturated heterocycles. The van der Waals surface area contributed by atoms with Crippen molar-refractivity contribution in [1.29, 1.82) is 0 Å². The third kappa shape index (κ3) is 6.86. The Labute approximate surface area is 521 Å². The van der Waals surface area contributed by atoms with Crippen LogP contribution in [0.5, 0.6) is 0 Å². The molecule has 0 radical (unpaired) electrons. The lowest BCUT2D eigenvalue weighted by molar-refractivity contribution is 0.335. The smallest absolute Gasteiger partial charge is 0.252 e. The normalized spacial score (nSPS) is 16.2. The van der Waals surface area contributed by atoms with E-state index in [1.807, 2.05) is 0 Å². The fourth-order valence-electron chi connectivity index (χ4n) is 17.8. The molecule has 3 aliphatic heterocycles. The van der Waals surface area contributed by atoms with E-state index in [4.69, 9.17) is 0 Å². The van der Waals surface area contributed by atoms with Gasteiger partial charge in [0.05, 0.1) is 16.6 Å². The van der Waals surface area contributed by atoms with Crippen LogP contribution in [-0.2, 0) is 37.9 Å². The van der Waals surface area contributed by atoms with Crippen molar-refractivity contribution in [3.63, 3.8) is 0 Å². The number of nitrogens with zero attached hydrogens (tertiary/aromatic N) is 2. The number of aromatic nitrogens is 2. The highest BCUT2D eigenvalue weighted by molar-refractivity contribution is 7.00. The zero-order valence-corrected chi connectivity index (χ0v) is 53.9. The van der Waals surface area contributed by atoms with Gasteiger partial charge in [0, 0.05) is 55.0 Å². The van der Waals surface area contributed by atoms with E-state index in [1.165, 1.54) is 161 Å². The molecule has 0 atom stereocenters. The summed E-state index contributed by atoms with van der Waals surface area (Å²) in [6.45, 7) is 34.0. The topological polar surface area (TPSA) is 9.86 Å². The molecular weight excluding hydrogens is 1060 g/mol. The summed E-state index contributed by atoms with van der Waals surface area (Å²) >= 11 is 0. The highest BCUT2D eigenvalue weighted by Crippen LogP contribution is 2.63. The predicted octanol–water partition coefficient (Wildman–Crippen LogP) is 19.5. The van der Waals surface area contributed by atoms with E-state index in [0.29, 0.717) is 0 Å². The van der Waals surface area contributed by atoms with Gasteiger partial charge in [-0.05, 0) is 158 Å². The van der Waals surface area contributed by atoms with Gasteiger partial charge in [0.25, 0.3) is 6.71 Å². The lowest BCUT2D eigenvalue weighted by Gasteiger charge is -2.46. The molecule has 2 nitrogen and oxygen atoms in total. The fraction of sp³-hybridized carbons (Fsp3) is 0.271. The highest BCUT2D eigenvalue weighted by Gasteiger charge is 2.56. The Morgan fingerprint density at radius 3 is 1.45 bits per heavy atom. The van der Waals surface area contributed by atoms with E-state index >= 15 is 0 Å². The van der Waals surface area contributed by atoms with Crippen LogP contribution in [0, 0.1) is 0 Å². The Balaban J connectivity index is 1.12. The molecule has 5 heterocycles. The van der Waals surface area contributed by atoms with E-state index in [2.05, 4.69) is 306 Å². The molecule has 2 aliphatic carbocycles. The first kappa shape index (κ1) is 53.8. The molecule has 432 valence electrons. The second-order valence-electron chi connectivity index (χ2n) is 31.5. The number of hydrogen-bond acceptors (Lipinski definition) is 0. The minimum absolute atomic E-state index is 0.00340. The summed E-state index contributed by atoms with van der Waals surface area (Å²) in [5.41, 5.74) is 33.8. The lowest BCUT2D eigenvalue weighted by atomic mass is 9.33. The first-order valence-corrected chi connectivity index (χ1v) is 32.6.